The molecule has 1 amide bonds. The fourth-order valence-electron chi connectivity index (χ4n) is 3.50. The third-order valence-corrected chi connectivity index (χ3v) is 4.77. The van der Waals surface area contributed by atoms with Crippen molar-refractivity contribution < 1.29 is 4.79 Å². The first-order valence-electron chi connectivity index (χ1n) is 7.94. The number of aromatic nitrogens is 1. The molecule has 114 valence electrons. The molecule has 2 aliphatic rings. The van der Waals surface area contributed by atoms with Crippen LogP contribution in [0.2, 0.25) is 0 Å². The van der Waals surface area contributed by atoms with E-state index in [0.717, 1.165) is 30.9 Å². The number of hydrogen-bond acceptors (Lipinski definition) is 4. The molecule has 0 radical (unpaired) electrons. The summed E-state index contributed by atoms with van der Waals surface area (Å²) < 4.78 is 0. The number of amides is 1. The van der Waals surface area contributed by atoms with Crippen molar-refractivity contribution in [1.82, 2.24) is 15.6 Å². The molecule has 5 nitrogen and oxygen atoms in total. The molecular formula is C16H24N4O. The molecule has 1 aromatic rings. The number of carbonyl (C=O) groups is 1. The van der Waals surface area contributed by atoms with Crippen molar-refractivity contribution in [3.63, 3.8) is 0 Å². The summed E-state index contributed by atoms with van der Waals surface area (Å²) in [6.45, 7) is 3.32. The van der Waals surface area contributed by atoms with E-state index in [1.54, 1.807) is 13.2 Å². The highest BCUT2D eigenvalue weighted by molar-refractivity contribution is 5.93. The highest BCUT2D eigenvalue weighted by Gasteiger charge is 2.28. The van der Waals surface area contributed by atoms with Gasteiger partial charge >= 0.3 is 0 Å². The number of hydrogen-bond donors (Lipinski definition) is 2. The zero-order valence-electron chi connectivity index (χ0n) is 12.6. The molecule has 3 rings (SSSR count). The summed E-state index contributed by atoms with van der Waals surface area (Å²) >= 11 is 0. The van der Waals surface area contributed by atoms with E-state index in [1.165, 1.54) is 32.2 Å². The SMILES string of the molecule is CNC(=O)c1ccc(N2CCC(C3CCCN3)CC2)nc1. The molecule has 5 heteroatoms. The minimum Gasteiger partial charge on any atom is -0.357 e. The molecule has 2 saturated heterocycles. The molecule has 21 heavy (non-hydrogen) atoms. The van der Waals surface area contributed by atoms with E-state index >= 15 is 0 Å². The van der Waals surface area contributed by atoms with Crippen LogP contribution in [0, 0.1) is 5.92 Å². The second-order valence-electron chi connectivity index (χ2n) is 6.01. The van der Waals surface area contributed by atoms with E-state index < -0.39 is 0 Å². The van der Waals surface area contributed by atoms with Crippen molar-refractivity contribution in [2.75, 3.05) is 31.6 Å². The summed E-state index contributed by atoms with van der Waals surface area (Å²) in [6, 6.07) is 4.54. The second kappa shape index (κ2) is 6.43. The summed E-state index contributed by atoms with van der Waals surface area (Å²) in [6.07, 6.45) is 6.79. The number of anilines is 1. The largest absolute Gasteiger partial charge is 0.357 e. The van der Waals surface area contributed by atoms with Crippen LogP contribution in [0.25, 0.3) is 0 Å². The Morgan fingerprint density at radius 3 is 2.71 bits per heavy atom. The van der Waals surface area contributed by atoms with Crippen molar-refractivity contribution in [2.45, 2.75) is 31.7 Å². The van der Waals surface area contributed by atoms with Crippen molar-refractivity contribution in [3.05, 3.63) is 23.9 Å². The van der Waals surface area contributed by atoms with Gasteiger partial charge in [0.15, 0.2) is 0 Å². The quantitative estimate of drug-likeness (QED) is 0.883. The van der Waals surface area contributed by atoms with Crippen LogP contribution in [0.5, 0.6) is 0 Å². The molecule has 2 N–H and O–H groups in total. The molecule has 1 aromatic heterocycles. The van der Waals surface area contributed by atoms with Crippen LogP contribution in [0.15, 0.2) is 18.3 Å². The van der Waals surface area contributed by atoms with Gasteiger partial charge in [0.05, 0.1) is 5.56 Å². The van der Waals surface area contributed by atoms with E-state index in [9.17, 15) is 4.79 Å². The van der Waals surface area contributed by atoms with Crippen LogP contribution in [0.1, 0.15) is 36.0 Å². The van der Waals surface area contributed by atoms with Gasteiger partial charge in [0.25, 0.3) is 5.91 Å². The number of nitrogens with zero attached hydrogens (tertiary/aromatic N) is 2. The van der Waals surface area contributed by atoms with Crippen molar-refractivity contribution in [2.24, 2.45) is 5.92 Å². The minimum absolute atomic E-state index is 0.0833. The van der Waals surface area contributed by atoms with E-state index in [1.807, 2.05) is 12.1 Å². The molecule has 0 aliphatic carbocycles. The second-order valence-corrected chi connectivity index (χ2v) is 6.01. The normalized spacial score (nSPS) is 23.3. The van der Waals surface area contributed by atoms with Gasteiger partial charge in [-0.1, -0.05) is 0 Å². The number of rotatable bonds is 3. The number of nitrogens with one attached hydrogen (secondary N) is 2. The molecular weight excluding hydrogens is 264 g/mol. The summed E-state index contributed by atoms with van der Waals surface area (Å²) in [5.74, 6) is 1.72. The highest BCUT2D eigenvalue weighted by atomic mass is 16.1. The lowest BCUT2D eigenvalue weighted by molar-refractivity contribution is 0.0963. The first-order chi connectivity index (χ1) is 10.3. The molecule has 1 atom stereocenters. The fraction of sp³-hybridized carbons (Fsp3) is 0.625. The van der Waals surface area contributed by atoms with Gasteiger partial charge in [0, 0.05) is 32.4 Å². The first kappa shape index (κ1) is 14.3. The Bertz CT molecular complexity index is 474. The Balaban J connectivity index is 1.57. The zero-order valence-corrected chi connectivity index (χ0v) is 12.6. The Morgan fingerprint density at radius 2 is 2.14 bits per heavy atom. The average Bonchev–Trinajstić information content (AvgIpc) is 3.09. The lowest BCUT2D eigenvalue weighted by Crippen LogP contribution is -2.41. The maximum Gasteiger partial charge on any atom is 0.252 e. The monoisotopic (exact) mass is 288 g/mol. The van der Waals surface area contributed by atoms with Crippen LogP contribution < -0.4 is 15.5 Å². The third kappa shape index (κ3) is 3.18. The van der Waals surface area contributed by atoms with Crippen LogP contribution in [-0.2, 0) is 0 Å². The van der Waals surface area contributed by atoms with Gasteiger partial charge in [-0.05, 0) is 50.3 Å². The van der Waals surface area contributed by atoms with Crippen LogP contribution in [0.3, 0.4) is 0 Å². The number of carbonyl (C=O) groups excluding carboxylic acids is 1. The third-order valence-electron chi connectivity index (χ3n) is 4.77. The van der Waals surface area contributed by atoms with Crippen molar-refractivity contribution in [1.29, 1.82) is 0 Å². The topological polar surface area (TPSA) is 57.3 Å². The van der Waals surface area contributed by atoms with E-state index in [2.05, 4.69) is 20.5 Å². The Labute approximate surface area is 126 Å². The van der Waals surface area contributed by atoms with Crippen LogP contribution >= 0.6 is 0 Å². The standard InChI is InChI=1S/C16H24N4O/c1-17-16(21)13-4-5-15(19-11-13)20-9-6-12(7-10-20)14-3-2-8-18-14/h4-5,11-12,14,18H,2-3,6-10H2,1H3,(H,17,21). The molecule has 0 aromatic carbocycles. The predicted molar refractivity (Wildman–Crippen MR) is 83.6 cm³/mol. The van der Waals surface area contributed by atoms with E-state index in [4.69, 9.17) is 0 Å². The maximum absolute atomic E-state index is 11.5. The zero-order chi connectivity index (χ0) is 14.7. The molecule has 0 spiro atoms. The van der Waals surface area contributed by atoms with Gasteiger partial charge < -0.3 is 15.5 Å². The number of piperidine rings is 1. The van der Waals surface area contributed by atoms with E-state index in [0.29, 0.717) is 5.56 Å². The van der Waals surface area contributed by atoms with Gasteiger partial charge in [0.1, 0.15) is 5.82 Å². The van der Waals surface area contributed by atoms with Gasteiger partial charge in [-0.3, -0.25) is 4.79 Å². The average molecular weight is 288 g/mol. The summed E-state index contributed by atoms with van der Waals surface area (Å²) in [4.78, 5) is 18.3. The Kier molecular flexibility index (Phi) is 4.39. The van der Waals surface area contributed by atoms with Crippen LogP contribution in [0.4, 0.5) is 5.82 Å². The highest BCUT2D eigenvalue weighted by Crippen LogP contribution is 2.27. The molecule has 3 heterocycles. The van der Waals surface area contributed by atoms with Crippen LogP contribution in [-0.4, -0.2) is 43.6 Å². The fourth-order valence-corrected chi connectivity index (χ4v) is 3.50. The maximum atomic E-state index is 11.5. The van der Waals surface area contributed by atoms with Gasteiger partial charge in [-0.15, -0.1) is 0 Å². The lowest BCUT2D eigenvalue weighted by Gasteiger charge is -2.35. The van der Waals surface area contributed by atoms with Gasteiger partial charge in [-0.2, -0.15) is 0 Å². The summed E-state index contributed by atoms with van der Waals surface area (Å²) in [5, 5.41) is 6.25. The van der Waals surface area contributed by atoms with Gasteiger partial charge in [-0.25, -0.2) is 4.98 Å². The Morgan fingerprint density at radius 1 is 1.33 bits per heavy atom. The smallest absolute Gasteiger partial charge is 0.252 e. The summed E-state index contributed by atoms with van der Waals surface area (Å²) in [7, 11) is 1.64. The molecule has 0 bridgehead atoms. The van der Waals surface area contributed by atoms with Crippen molar-refractivity contribution >= 4 is 11.7 Å². The first-order valence-corrected chi connectivity index (χ1v) is 7.94. The number of pyridine rings is 1. The predicted octanol–water partition coefficient (Wildman–Crippen LogP) is 1.41. The Hall–Kier alpha value is -1.62. The van der Waals surface area contributed by atoms with Gasteiger partial charge in [0.2, 0.25) is 0 Å². The molecule has 2 fully saturated rings. The molecule has 2 aliphatic heterocycles. The molecule has 1 unspecified atom stereocenters. The summed E-state index contributed by atoms with van der Waals surface area (Å²) in [5.41, 5.74) is 0.617. The molecule has 0 saturated carbocycles. The van der Waals surface area contributed by atoms with E-state index in [-0.39, 0.29) is 5.91 Å². The van der Waals surface area contributed by atoms with Crippen molar-refractivity contribution in [3.8, 4) is 0 Å². The minimum atomic E-state index is -0.0833. The lowest BCUT2D eigenvalue weighted by atomic mass is 9.88.